The summed E-state index contributed by atoms with van der Waals surface area (Å²) in [6.45, 7) is 3.13. The molecule has 0 radical (unpaired) electrons. The molecule has 2 heterocycles. The summed E-state index contributed by atoms with van der Waals surface area (Å²) in [6.07, 6.45) is 5.89. The van der Waals surface area contributed by atoms with Crippen LogP contribution in [0.25, 0.3) is 0 Å². The molecule has 0 aliphatic carbocycles. The molecule has 1 fully saturated rings. The van der Waals surface area contributed by atoms with Crippen LogP contribution in [-0.2, 0) is 6.54 Å². The van der Waals surface area contributed by atoms with Gasteiger partial charge in [-0.1, -0.05) is 12.5 Å². The summed E-state index contributed by atoms with van der Waals surface area (Å²) in [7, 11) is 0. The van der Waals surface area contributed by atoms with Gasteiger partial charge in [0, 0.05) is 25.3 Å². The van der Waals surface area contributed by atoms with E-state index in [1.54, 1.807) is 0 Å². The molecule has 1 unspecified atom stereocenters. The molecule has 1 saturated heterocycles. The Morgan fingerprint density at radius 3 is 3.06 bits per heavy atom. The highest BCUT2D eigenvalue weighted by Crippen LogP contribution is 2.07. The molecule has 1 atom stereocenters. The van der Waals surface area contributed by atoms with Crippen molar-refractivity contribution in [3.05, 3.63) is 28.5 Å². The van der Waals surface area contributed by atoms with Crippen LogP contribution in [0, 0.1) is 0 Å². The van der Waals surface area contributed by atoms with Gasteiger partial charge in [-0.15, -0.1) is 0 Å². The first-order valence-electron chi connectivity index (χ1n) is 5.89. The largest absolute Gasteiger partial charge is 0.313 e. The molecule has 16 heavy (non-hydrogen) atoms. The fraction of sp³-hybridized carbons (Fsp3) is 0.583. The minimum absolute atomic E-state index is 0.650. The summed E-state index contributed by atoms with van der Waals surface area (Å²) in [5, 5.41) is 7.00. The maximum atomic E-state index is 4.21. The van der Waals surface area contributed by atoms with Crippen LogP contribution in [0.5, 0.6) is 0 Å². The zero-order chi connectivity index (χ0) is 11.2. The highest BCUT2D eigenvalue weighted by molar-refractivity contribution is 9.10. The molecule has 2 N–H and O–H groups in total. The molecule has 4 heteroatoms. The molecule has 0 saturated carbocycles. The van der Waals surface area contributed by atoms with Gasteiger partial charge in [0.15, 0.2) is 0 Å². The van der Waals surface area contributed by atoms with Crippen LogP contribution < -0.4 is 10.6 Å². The summed E-state index contributed by atoms with van der Waals surface area (Å²) in [5.41, 5.74) is 1.24. The van der Waals surface area contributed by atoms with Gasteiger partial charge in [0.1, 0.15) is 4.60 Å². The van der Waals surface area contributed by atoms with E-state index in [4.69, 9.17) is 0 Å². The van der Waals surface area contributed by atoms with E-state index in [0.29, 0.717) is 6.04 Å². The monoisotopic (exact) mass is 283 g/mol. The minimum Gasteiger partial charge on any atom is -0.313 e. The van der Waals surface area contributed by atoms with Gasteiger partial charge >= 0.3 is 0 Å². The Hall–Kier alpha value is -0.450. The minimum atomic E-state index is 0.650. The normalized spacial score (nSPS) is 20.9. The Balaban J connectivity index is 1.69. The molecule has 1 aliphatic rings. The standard InChI is InChI=1S/C12H18BrN3/c13-12-5-4-10(8-16-12)7-14-9-11-3-1-2-6-15-11/h4-5,8,11,14-15H,1-3,6-7,9H2. The topological polar surface area (TPSA) is 37.0 Å². The fourth-order valence-corrected chi connectivity index (χ4v) is 2.23. The summed E-state index contributed by atoms with van der Waals surface area (Å²) in [6, 6.07) is 4.73. The van der Waals surface area contributed by atoms with Crippen molar-refractivity contribution in [2.75, 3.05) is 13.1 Å². The average Bonchev–Trinajstić information content (AvgIpc) is 2.33. The van der Waals surface area contributed by atoms with E-state index in [2.05, 4.69) is 37.6 Å². The van der Waals surface area contributed by atoms with Gasteiger partial charge in [-0.25, -0.2) is 4.98 Å². The van der Waals surface area contributed by atoms with Crippen molar-refractivity contribution in [2.24, 2.45) is 0 Å². The number of hydrogen-bond donors (Lipinski definition) is 2. The van der Waals surface area contributed by atoms with E-state index in [9.17, 15) is 0 Å². The second-order valence-electron chi connectivity index (χ2n) is 4.27. The number of halogens is 1. The molecule has 0 bridgehead atoms. The smallest absolute Gasteiger partial charge is 0.106 e. The molecule has 0 aromatic carbocycles. The number of rotatable bonds is 4. The Kier molecular flexibility index (Phi) is 4.75. The van der Waals surface area contributed by atoms with Crippen molar-refractivity contribution in [1.82, 2.24) is 15.6 Å². The van der Waals surface area contributed by atoms with E-state index in [1.165, 1.54) is 31.4 Å². The highest BCUT2D eigenvalue weighted by Gasteiger charge is 2.11. The van der Waals surface area contributed by atoms with E-state index in [-0.39, 0.29) is 0 Å². The number of hydrogen-bond acceptors (Lipinski definition) is 3. The lowest BCUT2D eigenvalue weighted by molar-refractivity contribution is 0.383. The van der Waals surface area contributed by atoms with Crippen LogP contribution in [0.3, 0.4) is 0 Å². The van der Waals surface area contributed by atoms with Gasteiger partial charge in [-0.2, -0.15) is 0 Å². The lowest BCUT2D eigenvalue weighted by atomic mass is 10.1. The van der Waals surface area contributed by atoms with Crippen LogP contribution in [0.2, 0.25) is 0 Å². The van der Waals surface area contributed by atoms with E-state index >= 15 is 0 Å². The Labute approximate surface area is 105 Å². The number of aromatic nitrogens is 1. The Bertz CT molecular complexity index is 307. The zero-order valence-electron chi connectivity index (χ0n) is 9.38. The molecule has 3 nitrogen and oxygen atoms in total. The molecule has 2 rings (SSSR count). The maximum Gasteiger partial charge on any atom is 0.106 e. The van der Waals surface area contributed by atoms with Crippen molar-refractivity contribution >= 4 is 15.9 Å². The van der Waals surface area contributed by atoms with Gasteiger partial charge in [-0.3, -0.25) is 0 Å². The van der Waals surface area contributed by atoms with Gasteiger partial charge in [0.25, 0.3) is 0 Å². The predicted octanol–water partition coefficient (Wildman–Crippen LogP) is 2.08. The third kappa shape index (κ3) is 3.85. The summed E-state index contributed by atoms with van der Waals surface area (Å²) in [4.78, 5) is 4.21. The lowest BCUT2D eigenvalue weighted by Crippen LogP contribution is -2.41. The summed E-state index contributed by atoms with van der Waals surface area (Å²) < 4.78 is 0.894. The van der Waals surface area contributed by atoms with Crippen LogP contribution >= 0.6 is 15.9 Å². The molecule has 1 aliphatic heterocycles. The maximum absolute atomic E-state index is 4.21. The van der Waals surface area contributed by atoms with Crippen molar-refractivity contribution in [3.63, 3.8) is 0 Å². The van der Waals surface area contributed by atoms with E-state index in [1.807, 2.05) is 12.3 Å². The third-order valence-electron chi connectivity index (χ3n) is 2.92. The highest BCUT2D eigenvalue weighted by atomic mass is 79.9. The second kappa shape index (κ2) is 6.33. The van der Waals surface area contributed by atoms with Crippen molar-refractivity contribution in [1.29, 1.82) is 0 Å². The molecular weight excluding hydrogens is 266 g/mol. The number of pyridine rings is 1. The third-order valence-corrected chi connectivity index (χ3v) is 3.39. The summed E-state index contributed by atoms with van der Waals surface area (Å²) >= 11 is 3.33. The number of nitrogens with zero attached hydrogens (tertiary/aromatic N) is 1. The van der Waals surface area contributed by atoms with Gasteiger partial charge in [0.2, 0.25) is 0 Å². The molecular formula is C12H18BrN3. The van der Waals surface area contributed by atoms with Crippen LogP contribution in [0.15, 0.2) is 22.9 Å². The van der Waals surface area contributed by atoms with Crippen molar-refractivity contribution in [2.45, 2.75) is 31.8 Å². The molecule has 0 spiro atoms. The first-order chi connectivity index (χ1) is 7.84. The molecule has 1 aromatic rings. The van der Waals surface area contributed by atoms with E-state index in [0.717, 1.165) is 17.7 Å². The fourth-order valence-electron chi connectivity index (χ4n) is 2.00. The molecule has 88 valence electrons. The van der Waals surface area contributed by atoms with Crippen LogP contribution in [0.4, 0.5) is 0 Å². The molecule has 0 amide bonds. The Morgan fingerprint density at radius 1 is 1.44 bits per heavy atom. The number of piperidine rings is 1. The SMILES string of the molecule is Brc1ccc(CNCC2CCCCN2)cn1. The van der Waals surface area contributed by atoms with Gasteiger partial charge < -0.3 is 10.6 Å². The first kappa shape index (κ1) is 12.0. The van der Waals surface area contributed by atoms with Crippen LogP contribution in [-0.4, -0.2) is 24.1 Å². The quantitative estimate of drug-likeness (QED) is 0.831. The zero-order valence-corrected chi connectivity index (χ0v) is 11.0. The predicted molar refractivity (Wildman–Crippen MR) is 69.3 cm³/mol. The second-order valence-corrected chi connectivity index (χ2v) is 5.08. The molecule has 1 aromatic heterocycles. The number of nitrogens with one attached hydrogen (secondary N) is 2. The van der Waals surface area contributed by atoms with Crippen LogP contribution in [0.1, 0.15) is 24.8 Å². The van der Waals surface area contributed by atoms with Crippen molar-refractivity contribution in [3.8, 4) is 0 Å². The van der Waals surface area contributed by atoms with Gasteiger partial charge in [-0.05, 0) is 46.9 Å². The first-order valence-corrected chi connectivity index (χ1v) is 6.68. The summed E-state index contributed by atoms with van der Waals surface area (Å²) in [5.74, 6) is 0. The van der Waals surface area contributed by atoms with E-state index < -0.39 is 0 Å². The van der Waals surface area contributed by atoms with Crippen molar-refractivity contribution < 1.29 is 0 Å². The average molecular weight is 284 g/mol. The Morgan fingerprint density at radius 2 is 2.38 bits per heavy atom. The lowest BCUT2D eigenvalue weighted by Gasteiger charge is -2.23. The van der Waals surface area contributed by atoms with Gasteiger partial charge in [0.05, 0.1) is 0 Å².